The van der Waals surface area contributed by atoms with Crippen molar-refractivity contribution in [3.63, 3.8) is 0 Å². The van der Waals surface area contributed by atoms with Crippen molar-refractivity contribution in [2.24, 2.45) is 12.8 Å². The van der Waals surface area contributed by atoms with Crippen molar-refractivity contribution in [3.8, 4) is 11.1 Å². The molecule has 1 aromatic carbocycles. The maximum absolute atomic E-state index is 13.1. The zero-order valence-electron chi connectivity index (χ0n) is 13.8. The van der Waals surface area contributed by atoms with Crippen LogP contribution < -0.4 is 11.3 Å². The Bertz CT molecular complexity index is 1060. The van der Waals surface area contributed by atoms with Crippen LogP contribution in [0, 0.1) is 5.82 Å². The molecule has 0 aliphatic carbocycles. The lowest BCUT2D eigenvalue weighted by Gasteiger charge is -2.15. The minimum Gasteiger partial charge on any atom is -0.368 e. The van der Waals surface area contributed by atoms with Crippen LogP contribution in [0.5, 0.6) is 0 Å². The molecule has 0 unspecified atom stereocenters. The van der Waals surface area contributed by atoms with Crippen molar-refractivity contribution in [1.29, 1.82) is 0 Å². The number of rotatable bonds is 4. The van der Waals surface area contributed by atoms with Gasteiger partial charge in [0.15, 0.2) is 6.29 Å². The Morgan fingerprint density at radius 3 is 2.50 bits per heavy atom. The summed E-state index contributed by atoms with van der Waals surface area (Å²) >= 11 is 0. The van der Waals surface area contributed by atoms with Crippen molar-refractivity contribution in [1.82, 2.24) is 9.55 Å². The number of pyridine rings is 2. The second-order valence-corrected chi connectivity index (χ2v) is 5.87. The van der Waals surface area contributed by atoms with Crippen LogP contribution in [0.4, 0.5) is 4.39 Å². The summed E-state index contributed by atoms with van der Waals surface area (Å²) < 4.78 is 14.3. The van der Waals surface area contributed by atoms with Gasteiger partial charge in [-0.1, -0.05) is 12.1 Å². The van der Waals surface area contributed by atoms with Crippen LogP contribution in [0.25, 0.3) is 22.2 Å². The van der Waals surface area contributed by atoms with Gasteiger partial charge in [0.25, 0.3) is 11.5 Å². The molecule has 7 nitrogen and oxygen atoms in total. The molecule has 26 heavy (non-hydrogen) atoms. The van der Waals surface area contributed by atoms with E-state index in [9.17, 15) is 24.2 Å². The Labute approximate surface area is 147 Å². The molecule has 0 bridgehead atoms. The molecule has 0 saturated heterocycles. The van der Waals surface area contributed by atoms with E-state index >= 15 is 0 Å². The highest BCUT2D eigenvalue weighted by molar-refractivity contribution is 5.98. The molecule has 1 amide bonds. The van der Waals surface area contributed by atoms with E-state index in [-0.39, 0.29) is 28.9 Å². The van der Waals surface area contributed by atoms with E-state index in [2.05, 4.69) is 4.98 Å². The Morgan fingerprint density at radius 1 is 1.27 bits per heavy atom. The summed E-state index contributed by atoms with van der Waals surface area (Å²) in [6.45, 7) is 0. The molecule has 134 valence electrons. The molecule has 0 aliphatic rings. The number of carbonyl (C=O) groups excluding carboxylic acids is 1. The van der Waals surface area contributed by atoms with E-state index in [1.54, 1.807) is 18.2 Å². The number of hydrogen-bond donors (Lipinski definition) is 3. The Hall–Kier alpha value is -3.10. The predicted molar refractivity (Wildman–Crippen MR) is 92.8 cm³/mol. The van der Waals surface area contributed by atoms with Crippen LogP contribution in [0.3, 0.4) is 0 Å². The number of nitrogens with zero attached hydrogens (tertiary/aromatic N) is 2. The minimum atomic E-state index is -1.78. The number of aliphatic hydroxyl groups is 2. The standard InChI is InChI=1S/C18H16FN3O4/c1-22-13-6-10(9-2-4-11(19)5-3-9)8-21-16(13)12(7-14(23)24)15(17(20)25)18(22)26/h2-6,8,14,23-24H,7H2,1H3,(H2,20,25). The maximum atomic E-state index is 13.1. The van der Waals surface area contributed by atoms with Crippen LogP contribution in [0.15, 0.2) is 41.3 Å². The van der Waals surface area contributed by atoms with E-state index in [0.717, 1.165) is 0 Å². The van der Waals surface area contributed by atoms with Gasteiger partial charge in [-0.3, -0.25) is 14.6 Å². The number of aliphatic hydroxyl groups excluding tert-OH is 1. The van der Waals surface area contributed by atoms with Gasteiger partial charge >= 0.3 is 0 Å². The number of nitrogens with two attached hydrogens (primary N) is 1. The minimum absolute atomic E-state index is 0.0799. The number of hydrogen-bond acceptors (Lipinski definition) is 5. The molecule has 8 heteroatoms. The Morgan fingerprint density at radius 2 is 1.92 bits per heavy atom. The van der Waals surface area contributed by atoms with Gasteiger partial charge in [0.2, 0.25) is 0 Å². The van der Waals surface area contributed by atoms with E-state index in [4.69, 9.17) is 5.73 Å². The molecule has 0 spiro atoms. The number of halogens is 1. The average molecular weight is 357 g/mol. The average Bonchev–Trinajstić information content (AvgIpc) is 2.59. The van der Waals surface area contributed by atoms with E-state index < -0.39 is 17.8 Å². The lowest BCUT2D eigenvalue weighted by Crippen LogP contribution is -2.32. The highest BCUT2D eigenvalue weighted by Gasteiger charge is 2.22. The van der Waals surface area contributed by atoms with Crippen LogP contribution in [-0.2, 0) is 13.5 Å². The van der Waals surface area contributed by atoms with Crippen LogP contribution in [-0.4, -0.2) is 32.0 Å². The number of carbonyl (C=O) groups is 1. The fourth-order valence-electron chi connectivity index (χ4n) is 2.90. The van der Waals surface area contributed by atoms with Crippen LogP contribution in [0.2, 0.25) is 0 Å². The predicted octanol–water partition coefficient (Wildman–Crippen LogP) is 0.692. The second-order valence-electron chi connectivity index (χ2n) is 5.87. The molecule has 0 aliphatic heterocycles. The normalized spacial score (nSPS) is 11.3. The van der Waals surface area contributed by atoms with Crippen LogP contribution >= 0.6 is 0 Å². The lowest BCUT2D eigenvalue weighted by atomic mass is 10.0. The Balaban J connectivity index is 2.32. The molecule has 0 saturated carbocycles. The SMILES string of the molecule is Cn1c(=O)c(C(N)=O)c(CC(O)O)c2ncc(-c3ccc(F)cc3)cc21. The molecule has 2 heterocycles. The molecular formula is C18H16FN3O4. The summed E-state index contributed by atoms with van der Waals surface area (Å²) in [6.07, 6.45) is -0.645. The summed E-state index contributed by atoms with van der Waals surface area (Å²) in [7, 11) is 1.46. The number of primary amides is 1. The quantitative estimate of drug-likeness (QED) is 0.594. The van der Waals surface area contributed by atoms with Crippen molar-refractivity contribution >= 4 is 16.9 Å². The van der Waals surface area contributed by atoms with Gasteiger partial charge in [0, 0.05) is 30.8 Å². The molecule has 2 aromatic heterocycles. The largest absolute Gasteiger partial charge is 0.368 e. The van der Waals surface area contributed by atoms with Crippen molar-refractivity contribution in [2.75, 3.05) is 0 Å². The summed E-state index contributed by atoms with van der Waals surface area (Å²) in [5.41, 5.74) is 6.38. The van der Waals surface area contributed by atoms with Crippen molar-refractivity contribution in [3.05, 3.63) is 63.8 Å². The molecular weight excluding hydrogens is 341 g/mol. The first kappa shape index (κ1) is 17.7. The number of aromatic nitrogens is 2. The van der Waals surface area contributed by atoms with Gasteiger partial charge < -0.3 is 20.5 Å². The molecule has 3 aromatic rings. The van der Waals surface area contributed by atoms with Gasteiger partial charge in [-0.05, 0) is 23.8 Å². The van der Waals surface area contributed by atoms with Crippen molar-refractivity contribution < 1.29 is 19.4 Å². The smallest absolute Gasteiger partial charge is 0.264 e. The first-order valence-electron chi connectivity index (χ1n) is 7.73. The summed E-state index contributed by atoms with van der Waals surface area (Å²) in [5.74, 6) is -1.34. The molecule has 0 fully saturated rings. The third kappa shape index (κ3) is 3.07. The van der Waals surface area contributed by atoms with Crippen LogP contribution in [0.1, 0.15) is 15.9 Å². The number of fused-ring (bicyclic) bond motifs is 1. The van der Waals surface area contributed by atoms with Gasteiger partial charge in [0.05, 0.1) is 11.0 Å². The third-order valence-corrected chi connectivity index (χ3v) is 4.15. The van der Waals surface area contributed by atoms with E-state index in [1.165, 1.54) is 29.9 Å². The van der Waals surface area contributed by atoms with Crippen molar-refractivity contribution in [2.45, 2.75) is 12.7 Å². The zero-order chi connectivity index (χ0) is 19.0. The summed E-state index contributed by atoms with van der Waals surface area (Å²) in [6, 6.07) is 7.43. The van der Waals surface area contributed by atoms with E-state index in [0.29, 0.717) is 16.6 Å². The topological polar surface area (TPSA) is 118 Å². The summed E-state index contributed by atoms with van der Waals surface area (Å²) in [4.78, 5) is 28.6. The monoisotopic (exact) mass is 357 g/mol. The van der Waals surface area contributed by atoms with Gasteiger partial charge in [-0.2, -0.15) is 0 Å². The molecule has 0 radical (unpaired) electrons. The first-order valence-corrected chi connectivity index (χ1v) is 7.73. The fraction of sp³-hybridized carbons (Fsp3) is 0.167. The molecule has 3 rings (SSSR count). The lowest BCUT2D eigenvalue weighted by molar-refractivity contribution is -0.0380. The number of amides is 1. The molecule has 4 N–H and O–H groups in total. The maximum Gasteiger partial charge on any atom is 0.264 e. The van der Waals surface area contributed by atoms with Gasteiger partial charge in [-0.15, -0.1) is 0 Å². The zero-order valence-corrected chi connectivity index (χ0v) is 13.8. The third-order valence-electron chi connectivity index (χ3n) is 4.15. The molecule has 0 atom stereocenters. The van der Waals surface area contributed by atoms with Gasteiger partial charge in [-0.25, -0.2) is 4.39 Å². The van der Waals surface area contributed by atoms with Gasteiger partial charge in [0.1, 0.15) is 11.4 Å². The highest BCUT2D eigenvalue weighted by atomic mass is 19.1. The first-order chi connectivity index (χ1) is 12.3. The Kier molecular flexibility index (Phi) is 4.54. The fourth-order valence-corrected chi connectivity index (χ4v) is 2.90. The van der Waals surface area contributed by atoms with E-state index in [1.807, 2.05) is 0 Å². The number of aryl methyl sites for hydroxylation is 1. The second kappa shape index (κ2) is 6.66. The summed E-state index contributed by atoms with van der Waals surface area (Å²) in [5, 5.41) is 18.6. The highest BCUT2D eigenvalue weighted by Crippen LogP contribution is 2.25. The number of benzene rings is 1.